The molecule has 1 atom stereocenters. The van der Waals surface area contributed by atoms with Crippen molar-refractivity contribution in [3.8, 4) is 6.07 Å². The highest BCUT2D eigenvalue weighted by molar-refractivity contribution is 7.43. The fourth-order valence-electron chi connectivity index (χ4n) is 1.20. The van der Waals surface area contributed by atoms with E-state index in [1.54, 1.807) is 0 Å². The first-order chi connectivity index (χ1) is 7.00. The van der Waals surface area contributed by atoms with Gasteiger partial charge in [0.2, 0.25) is 0 Å². The van der Waals surface area contributed by atoms with Crippen LogP contribution in [0.4, 0.5) is 0 Å². The lowest BCUT2D eigenvalue weighted by Crippen LogP contribution is -2.32. The molecule has 0 radical (unpaired) electrons. The molecule has 0 saturated carbocycles. The predicted octanol–water partition coefficient (Wildman–Crippen LogP) is 2.19. The molecule has 6 heteroatoms. The van der Waals surface area contributed by atoms with E-state index in [9.17, 15) is 4.89 Å². The molecular formula is C9H19N2O3P. The minimum Gasteiger partial charge on any atom is -0.336 e. The van der Waals surface area contributed by atoms with E-state index in [4.69, 9.17) is 14.8 Å². The van der Waals surface area contributed by atoms with Gasteiger partial charge in [0.05, 0.1) is 19.1 Å². The summed E-state index contributed by atoms with van der Waals surface area (Å²) in [5.41, 5.74) is 0. The second-order valence-electron chi connectivity index (χ2n) is 3.62. The molecule has 15 heavy (non-hydrogen) atoms. The van der Waals surface area contributed by atoms with E-state index in [2.05, 4.69) is 0 Å². The zero-order valence-electron chi connectivity index (χ0n) is 9.67. The van der Waals surface area contributed by atoms with Gasteiger partial charge in [0, 0.05) is 12.1 Å². The SMILES string of the molecule is CC(C)N(C(C)C)P(O)OOCCC#N. The lowest BCUT2D eigenvalue weighted by molar-refractivity contribution is -0.210. The van der Waals surface area contributed by atoms with Crippen molar-refractivity contribution >= 4 is 8.53 Å². The molecule has 0 amide bonds. The molecule has 0 spiro atoms. The Bertz CT molecular complexity index is 198. The highest BCUT2D eigenvalue weighted by Crippen LogP contribution is 2.40. The van der Waals surface area contributed by atoms with E-state index in [0.29, 0.717) is 0 Å². The smallest absolute Gasteiger partial charge is 0.289 e. The topological polar surface area (TPSA) is 65.7 Å². The standard InChI is InChI=1S/C9H19N2O3P/c1-8(2)11(9(3)4)15(12)14-13-7-5-6-10/h8-9,12H,5,7H2,1-4H3. The minimum absolute atomic E-state index is 0.180. The summed E-state index contributed by atoms with van der Waals surface area (Å²) < 4.78 is 6.65. The summed E-state index contributed by atoms with van der Waals surface area (Å²) in [4.78, 5) is 14.4. The number of rotatable bonds is 7. The summed E-state index contributed by atoms with van der Waals surface area (Å²) in [6.07, 6.45) is 0.256. The predicted molar refractivity (Wildman–Crippen MR) is 58.5 cm³/mol. The van der Waals surface area contributed by atoms with Gasteiger partial charge in [-0.05, 0) is 27.7 Å². The van der Waals surface area contributed by atoms with Crippen LogP contribution in [0.5, 0.6) is 0 Å². The summed E-state index contributed by atoms with van der Waals surface area (Å²) in [7, 11) is -1.74. The van der Waals surface area contributed by atoms with Gasteiger partial charge in [-0.1, -0.05) is 0 Å². The first kappa shape index (κ1) is 14.8. The Labute approximate surface area is 92.5 Å². The van der Waals surface area contributed by atoms with Gasteiger partial charge < -0.3 is 4.89 Å². The summed E-state index contributed by atoms with van der Waals surface area (Å²) in [6, 6.07) is 2.29. The van der Waals surface area contributed by atoms with Gasteiger partial charge in [-0.25, -0.2) is 9.56 Å². The summed E-state index contributed by atoms with van der Waals surface area (Å²) in [6.45, 7) is 8.09. The molecule has 0 aromatic heterocycles. The van der Waals surface area contributed by atoms with E-state index in [-0.39, 0.29) is 25.1 Å². The Hall–Kier alpha value is -0.240. The van der Waals surface area contributed by atoms with Gasteiger partial charge in [-0.15, -0.1) is 0 Å². The maximum atomic E-state index is 9.71. The van der Waals surface area contributed by atoms with Crippen molar-refractivity contribution in [1.82, 2.24) is 4.67 Å². The van der Waals surface area contributed by atoms with Crippen LogP contribution in [0.15, 0.2) is 0 Å². The normalized spacial score (nSPS) is 13.5. The minimum atomic E-state index is -1.74. The van der Waals surface area contributed by atoms with Gasteiger partial charge in [0.25, 0.3) is 8.53 Å². The fraction of sp³-hybridized carbons (Fsp3) is 0.889. The van der Waals surface area contributed by atoms with Crippen molar-refractivity contribution < 1.29 is 14.5 Å². The van der Waals surface area contributed by atoms with Crippen LogP contribution in [0, 0.1) is 11.3 Å². The summed E-state index contributed by atoms with van der Waals surface area (Å²) in [5.74, 6) is 0. The van der Waals surface area contributed by atoms with Gasteiger partial charge >= 0.3 is 0 Å². The summed E-state index contributed by atoms with van der Waals surface area (Å²) in [5, 5.41) is 8.26. The molecule has 0 aromatic carbocycles. The molecule has 0 fully saturated rings. The number of hydrogen-bond acceptors (Lipinski definition) is 5. The molecule has 0 aliphatic carbocycles. The Kier molecular flexibility index (Phi) is 7.85. The lowest BCUT2D eigenvalue weighted by Gasteiger charge is -2.31. The van der Waals surface area contributed by atoms with Gasteiger partial charge in [0.1, 0.15) is 0 Å². The molecule has 0 saturated heterocycles. The highest BCUT2D eigenvalue weighted by Gasteiger charge is 2.24. The average Bonchev–Trinajstić information content (AvgIpc) is 2.11. The van der Waals surface area contributed by atoms with Crippen LogP contribution in [-0.2, 0) is 9.56 Å². The van der Waals surface area contributed by atoms with E-state index in [0.717, 1.165) is 0 Å². The third kappa shape index (κ3) is 6.03. The molecule has 0 aliphatic heterocycles. The van der Waals surface area contributed by atoms with Crippen LogP contribution in [0.2, 0.25) is 0 Å². The molecule has 1 unspecified atom stereocenters. The molecular weight excluding hydrogens is 215 g/mol. The second-order valence-corrected chi connectivity index (χ2v) is 4.74. The maximum Gasteiger partial charge on any atom is 0.289 e. The average molecular weight is 234 g/mol. The van der Waals surface area contributed by atoms with Crippen molar-refractivity contribution in [1.29, 1.82) is 5.26 Å². The fourth-order valence-corrected chi connectivity index (χ4v) is 2.24. The van der Waals surface area contributed by atoms with Gasteiger partial charge in [-0.2, -0.15) is 9.94 Å². The lowest BCUT2D eigenvalue weighted by atomic mass is 10.3. The third-order valence-corrected chi connectivity index (χ3v) is 3.23. The molecule has 0 bridgehead atoms. The van der Waals surface area contributed by atoms with E-state index >= 15 is 0 Å². The zero-order chi connectivity index (χ0) is 11.8. The van der Waals surface area contributed by atoms with E-state index in [1.807, 2.05) is 38.4 Å². The Morgan fingerprint density at radius 1 is 1.33 bits per heavy atom. The van der Waals surface area contributed by atoms with Crippen LogP contribution in [0.3, 0.4) is 0 Å². The van der Waals surface area contributed by atoms with Crippen molar-refractivity contribution in [2.45, 2.75) is 46.2 Å². The van der Waals surface area contributed by atoms with Crippen LogP contribution >= 0.6 is 8.53 Å². The molecule has 5 nitrogen and oxygen atoms in total. The number of nitrogens with zero attached hydrogens (tertiary/aromatic N) is 2. The molecule has 88 valence electrons. The van der Waals surface area contributed by atoms with Crippen molar-refractivity contribution in [3.05, 3.63) is 0 Å². The van der Waals surface area contributed by atoms with Crippen LogP contribution in [0.1, 0.15) is 34.1 Å². The van der Waals surface area contributed by atoms with Crippen LogP contribution in [-0.4, -0.2) is 28.3 Å². The maximum absolute atomic E-state index is 9.71. The Morgan fingerprint density at radius 3 is 2.27 bits per heavy atom. The van der Waals surface area contributed by atoms with Crippen LogP contribution in [0.25, 0.3) is 0 Å². The van der Waals surface area contributed by atoms with E-state index < -0.39 is 8.53 Å². The quantitative estimate of drug-likeness (QED) is 0.316. The van der Waals surface area contributed by atoms with Crippen molar-refractivity contribution in [2.24, 2.45) is 0 Å². The van der Waals surface area contributed by atoms with Gasteiger partial charge in [-0.3, -0.25) is 0 Å². The molecule has 0 rings (SSSR count). The number of nitriles is 1. The Balaban J connectivity index is 3.94. The third-order valence-electron chi connectivity index (χ3n) is 1.67. The molecule has 0 heterocycles. The zero-order valence-corrected chi connectivity index (χ0v) is 10.6. The van der Waals surface area contributed by atoms with E-state index in [1.165, 1.54) is 0 Å². The summed E-state index contributed by atoms with van der Waals surface area (Å²) >= 11 is 0. The van der Waals surface area contributed by atoms with Crippen molar-refractivity contribution in [2.75, 3.05) is 6.61 Å². The highest BCUT2D eigenvalue weighted by atomic mass is 31.2. The molecule has 0 aromatic rings. The first-order valence-electron chi connectivity index (χ1n) is 4.94. The number of hydrogen-bond donors (Lipinski definition) is 1. The first-order valence-corrected chi connectivity index (χ1v) is 6.11. The van der Waals surface area contributed by atoms with Crippen LogP contribution < -0.4 is 0 Å². The second kappa shape index (κ2) is 7.98. The largest absolute Gasteiger partial charge is 0.336 e. The van der Waals surface area contributed by atoms with Crippen molar-refractivity contribution in [3.63, 3.8) is 0 Å². The Morgan fingerprint density at radius 2 is 1.87 bits per heavy atom. The monoisotopic (exact) mass is 234 g/mol. The molecule has 0 aliphatic rings. The molecule has 1 N–H and O–H groups in total. The van der Waals surface area contributed by atoms with Gasteiger partial charge in [0.15, 0.2) is 0 Å².